The van der Waals surface area contributed by atoms with Gasteiger partial charge in [-0.15, -0.1) is 0 Å². The van der Waals surface area contributed by atoms with Crippen LogP contribution in [-0.2, 0) is 46.8 Å². The smallest absolute Gasteiger partial charge is 0.307 e. The number of halogens is 1. The van der Waals surface area contributed by atoms with Gasteiger partial charge in [0.2, 0.25) is 0 Å². The van der Waals surface area contributed by atoms with Crippen LogP contribution >= 0.6 is 22.7 Å². The number of hydrogen-bond acceptors (Lipinski definition) is 12. The molecule has 2 heterocycles. The van der Waals surface area contributed by atoms with Crippen LogP contribution in [0.3, 0.4) is 0 Å². The highest BCUT2D eigenvalue weighted by molar-refractivity contribution is 7.08. The maximum absolute atomic E-state index is 13.2. The Morgan fingerprint density at radius 3 is 1.14 bits per heavy atom. The van der Waals surface area contributed by atoms with Crippen molar-refractivity contribution in [3.8, 4) is 0 Å². The molecule has 4 aliphatic rings. The normalized spacial score (nSPS) is 18.2. The Morgan fingerprint density at radius 1 is 0.431 bits per heavy atom. The van der Waals surface area contributed by atoms with Crippen molar-refractivity contribution in [2.75, 3.05) is 0 Å². The number of ketones is 4. The lowest BCUT2D eigenvalue weighted by Crippen LogP contribution is -2.67. The summed E-state index contributed by atoms with van der Waals surface area (Å²) in [5.41, 5.74) is 8.48. The second-order valence-corrected chi connectivity index (χ2v) is 40.7. The van der Waals surface area contributed by atoms with Crippen molar-refractivity contribution in [2.24, 2.45) is 0 Å². The van der Waals surface area contributed by atoms with Gasteiger partial charge < -0.3 is 23.1 Å². The average molecular weight is 1530 g/mol. The summed E-state index contributed by atoms with van der Waals surface area (Å²) in [6.07, 6.45) is 18.4. The first-order chi connectivity index (χ1) is 52.5. The number of rotatable bonds is 20. The molecule has 109 heavy (non-hydrogen) atoms. The number of aryl methyl sites for hydroxylation is 2. The zero-order valence-corrected chi connectivity index (χ0v) is 66.3. The molecule has 1 N–H and O–H groups in total. The first-order valence-corrected chi connectivity index (χ1v) is 44.5. The number of allylic oxidation sites excluding steroid dienone is 4. The van der Waals surface area contributed by atoms with E-state index >= 15 is 0 Å². The van der Waals surface area contributed by atoms with E-state index in [2.05, 4.69) is 163 Å². The fourth-order valence-corrected chi connectivity index (χ4v) is 25.3. The lowest BCUT2D eigenvalue weighted by molar-refractivity contribution is -0.149. The van der Waals surface area contributed by atoms with Gasteiger partial charge in [-0.2, -0.15) is 22.7 Å². The van der Waals surface area contributed by atoms with Gasteiger partial charge in [-0.25, -0.2) is 4.39 Å². The number of carbonyl (C=O) groups excluding carboxylic acids is 5. The van der Waals surface area contributed by atoms with E-state index in [0.29, 0.717) is 22.3 Å². The van der Waals surface area contributed by atoms with Crippen LogP contribution in [0.4, 0.5) is 4.39 Å². The topological polar surface area (TPSA) is 160 Å². The van der Waals surface area contributed by atoms with E-state index in [1.165, 1.54) is 61.9 Å². The number of aliphatic carboxylic acids is 1. The molecular weight excluding hydrogens is 1450 g/mol. The molecule has 550 valence electrons. The number of carboxylic acids is 1. The first-order valence-electron chi connectivity index (χ1n) is 35.9. The Balaban J connectivity index is 0.000000146. The molecule has 14 rings (SSSR count). The highest BCUT2D eigenvalue weighted by atomic mass is 32.1. The Bertz CT molecular complexity index is 4970. The predicted octanol–water partition coefficient (Wildman–Crippen LogP) is 16.0. The van der Waals surface area contributed by atoms with Crippen molar-refractivity contribution in [3.63, 3.8) is 0 Å². The maximum atomic E-state index is 13.2. The van der Waals surface area contributed by atoms with Crippen molar-refractivity contribution in [1.82, 2.24) is 0 Å². The van der Waals surface area contributed by atoms with Crippen LogP contribution in [0.5, 0.6) is 0 Å². The van der Waals surface area contributed by atoms with Crippen LogP contribution in [0.15, 0.2) is 329 Å². The minimum absolute atomic E-state index is 0.0258. The molecular formula is C92H85FO11S2Si3. The van der Waals surface area contributed by atoms with Crippen molar-refractivity contribution in [3.05, 3.63) is 368 Å². The monoisotopic (exact) mass is 1530 g/mol. The molecule has 0 radical (unpaired) electrons. The molecule has 0 bridgehead atoms. The molecule has 4 unspecified atom stereocenters. The van der Waals surface area contributed by atoms with E-state index in [1.807, 2.05) is 149 Å². The molecule has 0 saturated carbocycles. The van der Waals surface area contributed by atoms with Gasteiger partial charge in [0.15, 0.2) is 23.1 Å². The summed E-state index contributed by atoms with van der Waals surface area (Å²) in [7, 11) is -7.82. The van der Waals surface area contributed by atoms with E-state index in [0.717, 1.165) is 38.2 Å². The lowest BCUT2D eigenvalue weighted by atomic mass is 10.0. The Kier molecular flexibility index (Phi) is 26.4. The Hall–Kier alpha value is -10.8. The lowest BCUT2D eigenvalue weighted by Gasteiger charge is -2.44. The maximum Gasteiger partial charge on any atom is 0.307 e. The summed E-state index contributed by atoms with van der Waals surface area (Å²) < 4.78 is 39.1. The minimum atomic E-state index is -2.77. The van der Waals surface area contributed by atoms with Gasteiger partial charge in [0, 0.05) is 22.3 Å². The number of carbonyl (C=O) groups is 6. The summed E-state index contributed by atoms with van der Waals surface area (Å²) in [5.74, 6) is -2.21. The van der Waals surface area contributed by atoms with Gasteiger partial charge in [0.25, 0.3) is 25.0 Å². The van der Waals surface area contributed by atoms with Crippen LogP contribution in [-0.4, -0.2) is 89.5 Å². The van der Waals surface area contributed by atoms with E-state index in [4.69, 9.17) is 23.1 Å². The molecule has 0 amide bonds. The number of benzene rings is 8. The zero-order valence-electron chi connectivity index (χ0n) is 61.7. The van der Waals surface area contributed by atoms with Gasteiger partial charge in [0.1, 0.15) is 11.9 Å². The molecule has 4 atom stereocenters. The van der Waals surface area contributed by atoms with Gasteiger partial charge >= 0.3 is 11.9 Å². The molecule has 0 spiro atoms. The number of ether oxygens (including phenoxy) is 1. The fraction of sp³-hybridized carbons (Fsp3) is 0.152. The van der Waals surface area contributed by atoms with Crippen LogP contribution in [0, 0.1) is 19.7 Å². The van der Waals surface area contributed by atoms with Crippen LogP contribution in [0.2, 0.25) is 18.1 Å². The highest BCUT2D eigenvalue weighted by Gasteiger charge is 2.52. The van der Waals surface area contributed by atoms with Crippen molar-refractivity contribution < 1.29 is 56.3 Å². The third-order valence-corrected chi connectivity index (χ3v) is 32.9. The quantitative estimate of drug-likeness (QED) is 0.0439. The van der Waals surface area contributed by atoms with Crippen molar-refractivity contribution in [2.45, 2.75) is 90.0 Å². The molecule has 0 fully saturated rings. The van der Waals surface area contributed by atoms with Crippen LogP contribution in [0.25, 0.3) is 24.3 Å². The van der Waals surface area contributed by atoms with Gasteiger partial charge in [0.05, 0.1) is 31.2 Å². The second-order valence-electron chi connectivity index (χ2n) is 27.9. The van der Waals surface area contributed by atoms with E-state index in [9.17, 15) is 33.2 Å². The van der Waals surface area contributed by atoms with Crippen molar-refractivity contribution >= 4 is 138 Å². The zero-order chi connectivity index (χ0) is 77.1. The van der Waals surface area contributed by atoms with Crippen molar-refractivity contribution in [1.29, 1.82) is 0 Å². The molecule has 0 aliphatic heterocycles. The Morgan fingerprint density at radius 2 is 0.780 bits per heavy atom. The molecule has 8 aromatic carbocycles. The number of esters is 1. The van der Waals surface area contributed by atoms with Gasteiger partial charge in [-0.3, -0.25) is 28.8 Å². The third-order valence-electron chi connectivity index (χ3n) is 19.3. The van der Waals surface area contributed by atoms with Gasteiger partial charge in [-0.05, 0) is 210 Å². The largest absolute Gasteiger partial charge is 0.481 e. The van der Waals surface area contributed by atoms with E-state index < -0.39 is 49.1 Å². The summed E-state index contributed by atoms with van der Waals surface area (Å²) in [6.45, 7) is 15.3. The third kappa shape index (κ3) is 19.7. The molecule has 17 heteroatoms. The number of carboxylic acid groups (broad SMARTS) is 1. The molecule has 0 saturated heterocycles. The SMILES string of the molecule is C[Si](OC1C=CC(=O)C1=Cc1ccc(F)cc1)(c1ccccc1)c1ccccc1.C[Si](OC1C=CC(=O)C1=Cc1ccsc1)(c1ccccc1)c1ccccc1.Cc1ccc(C=C2C(=O)C=CC2O[Si](c2ccccc2)(c2ccccc2)C(C)(C)C)c(C)c1.O=C(O)CCC(=O)OC1C=CC(=O)C1=Cc1ccsc1. The Labute approximate surface area is 648 Å². The molecule has 11 nitrogen and oxygen atoms in total. The summed E-state index contributed by atoms with van der Waals surface area (Å²) in [4.78, 5) is 71.5. The van der Waals surface area contributed by atoms with E-state index in [1.54, 1.807) is 53.8 Å². The van der Waals surface area contributed by atoms with Gasteiger partial charge in [-0.1, -0.05) is 239 Å². The molecule has 2 aromatic heterocycles. The summed E-state index contributed by atoms with van der Waals surface area (Å²) in [5, 5.41) is 23.3. The minimum Gasteiger partial charge on any atom is -0.481 e. The standard InChI is InChI=1S/C30H32O2Si.C25H21FO2Si.C23H20O2SSi.C14H12O5S/c1-22-16-17-24(23(2)20-22)21-27-28(31)18-19-29(27)32-33(30(3,4)5,25-12-8-6-9-13-25)26-14-10-7-11-15-26;1-29(21-8-4-2-5-9-21,22-10-6-3-7-11-22)28-25-17-16-24(27)23(25)18-19-12-14-20(26)15-13-19;1-27(19-8-4-2-5-9-19,20-10-6-3-7-11-20)25-23-13-12-22(24)21(23)16-18-14-15-26-17-18;15-11-1-2-12(19-14(18)4-3-13(16)17)10(11)7-9-5-6-20-8-9/h6-21,29H,1-5H3;2-18,25H,1H3;2-17,23H,1H3;1-2,5-8,12H,3-4H2,(H,16,17). The molecule has 4 aliphatic carbocycles. The highest BCUT2D eigenvalue weighted by Crippen LogP contribution is 2.40. The van der Waals surface area contributed by atoms with E-state index in [-0.39, 0.29) is 59.0 Å². The van der Waals surface area contributed by atoms with Crippen LogP contribution in [0.1, 0.15) is 67.0 Å². The second kappa shape index (κ2) is 36.4. The predicted molar refractivity (Wildman–Crippen MR) is 446 cm³/mol. The fourth-order valence-electron chi connectivity index (χ4n) is 13.5. The number of hydrogen-bond donors (Lipinski definition) is 1. The summed E-state index contributed by atoms with van der Waals surface area (Å²) >= 11 is 3.13. The first kappa shape index (κ1) is 79.2. The van der Waals surface area contributed by atoms with Crippen LogP contribution < -0.4 is 31.1 Å². The summed E-state index contributed by atoms with van der Waals surface area (Å²) in [6, 6.07) is 78.5. The number of thiophene rings is 2. The average Bonchev–Trinajstić information content (AvgIpc) is 1.25. The molecule has 10 aromatic rings.